The minimum Gasteiger partial charge on any atom is -0.466 e. The number of hydrogen-bond acceptors (Lipinski definition) is 5. The molecule has 6 nitrogen and oxygen atoms in total. The lowest BCUT2D eigenvalue weighted by atomic mass is 10.1. The summed E-state index contributed by atoms with van der Waals surface area (Å²) in [4.78, 5) is 22.0. The normalized spacial score (nSPS) is 11.9. The maximum absolute atomic E-state index is 11.3. The number of nitro groups is 1. The van der Waals surface area contributed by atoms with Gasteiger partial charge in [0.05, 0.1) is 12.0 Å². The van der Waals surface area contributed by atoms with E-state index in [1.54, 1.807) is 12.1 Å². The third kappa shape index (κ3) is 4.42. The van der Waals surface area contributed by atoms with Gasteiger partial charge in [0.2, 0.25) is 0 Å². The topological polar surface area (TPSA) is 81.5 Å². The number of rotatable bonds is 6. The first-order chi connectivity index (χ1) is 11.5. The van der Waals surface area contributed by atoms with Crippen LogP contribution >= 0.6 is 0 Å². The van der Waals surface area contributed by atoms with Crippen LogP contribution in [0.3, 0.4) is 0 Å². The van der Waals surface area contributed by atoms with E-state index < -0.39 is 10.9 Å². The quantitative estimate of drug-likeness (QED) is 0.376. The second-order valence-corrected chi connectivity index (χ2v) is 5.17. The monoisotopic (exact) mass is 326 g/mol. The number of hydrogen-bond donors (Lipinski definition) is 1. The zero-order valence-corrected chi connectivity index (χ0v) is 13.4. The molecule has 0 aliphatic heterocycles. The largest absolute Gasteiger partial charge is 0.466 e. The molecule has 0 saturated heterocycles. The Hall–Kier alpha value is -3.15. The molecule has 0 aliphatic rings. The highest BCUT2D eigenvalue weighted by molar-refractivity contribution is 5.87. The van der Waals surface area contributed by atoms with Gasteiger partial charge in [0.15, 0.2) is 0 Å². The van der Waals surface area contributed by atoms with Crippen LogP contribution in [-0.4, -0.2) is 18.0 Å². The van der Waals surface area contributed by atoms with Gasteiger partial charge in [-0.05, 0) is 30.2 Å². The number of esters is 1. The Morgan fingerprint density at radius 3 is 2.58 bits per heavy atom. The average molecular weight is 326 g/mol. The van der Waals surface area contributed by atoms with Gasteiger partial charge >= 0.3 is 5.97 Å². The molecule has 24 heavy (non-hydrogen) atoms. The van der Waals surface area contributed by atoms with Crippen LogP contribution in [0.25, 0.3) is 6.08 Å². The van der Waals surface area contributed by atoms with Crippen molar-refractivity contribution in [2.75, 3.05) is 12.4 Å². The van der Waals surface area contributed by atoms with E-state index in [1.807, 2.05) is 37.3 Å². The van der Waals surface area contributed by atoms with Crippen LogP contribution in [0, 0.1) is 10.1 Å². The standard InChI is InChI=1S/C18H18N2O4/c1-13(15-6-4-3-5-7-15)19-16-10-8-14(9-11-18(21)24-2)12-17(16)20(22)23/h3-13,19H,1-2H3/b11-9+. The Morgan fingerprint density at radius 2 is 1.96 bits per heavy atom. The summed E-state index contributed by atoms with van der Waals surface area (Å²) in [6.45, 7) is 1.93. The number of nitrogens with zero attached hydrogens (tertiary/aromatic N) is 1. The number of methoxy groups -OCH3 is 1. The molecule has 6 heteroatoms. The summed E-state index contributed by atoms with van der Waals surface area (Å²) >= 11 is 0. The van der Waals surface area contributed by atoms with E-state index in [0.29, 0.717) is 11.3 Å². The molecular weight excluding hydrogens is 308 g/mol. The molecule has 0 aromatic heterocycles. The van der Waals surface area contributed by atoms with Crippen LogP contribution in [0.2, 0.25) is 0 Å². The summed E-state index contributed by atoms with van der Waals surface area (Å²) in [5.74, 6) is -0.516. The second-order valence-electron chi connectivity index (χ2n) is 5.17. The third-order valence-corrected chi connectivity index (χ3v) is 3.50. The van der Waals surface area contributed by atoms with E-state index in [0.717, 1.165) is 5.56 Å². The smallest absolute Gasteiger partial charge is 0.330 e. The summed E-state index contributed by atoms with van der Waals surface area (Å²) < 4.78 is 4.50. The highest BCUT2D eigenvalue weighted by Gasteiger charge is 2.16. The van der Waals surface area contributed by atoms with Crippen LogP contribution in [0.1, 0.15) is 24.1 Å². The molecular formula is C18H18N2O4. The Labute approximate surface area is 139 Å². The van der Waals surface area contributed by atoms with Gasteiger partial charge < -0.3 is 10.1 Å². The van der Waals surface area contributed by atoms with Crippen molar-refractivity contribution in [1.29, 1.82) is 0 Å². The van der Waals surface area contributed by atoms with Gasteiger partial charge in [-0.1, -0.05) is 36.4 Å². The number of nitrogens with one attached hydrogen (secondary N) is 1. The minimum absolute atomic E-state index is 0.0511. The zero-order chi connectivity index (χ0) is 17.5. The SMILES string of the molecule is COC(=O)/C=C/c1ccc(NC(C)c2ccccc2)c([N+](=O)[O-])c1. The molecule has 0 heterocycles. The summed E-state index contributed by atoms with van der Waals surface area (Å²) in [7, 11) is 1.27. The lowest BCUT2D eigenvalue weighted by molar-refractivity contribution is -0.384. The molecule has 124 valence electrons. The Balaban J connectivity index is 2.25. The van der Waals surface area contributed by atoms with Crippen molar-refractivity contribution in [2.45, 2.75) is 13.0 Å². The van der Waals surface area contributed by atoms with Crippen molar-refractivity contribution in [3.8, 4) is 0 Å². The molecule has 0 saturated carbocycles. The van der Waals surface area contributed by atoms with Gasteiger partial charge in [-0.2, -0.15) is 0 Å². The van der Waals surface area contributed by atoms with Crippen LogP contribution < -0.4 is 5.32 Å². The summed E-state index contributed by atoms with van der Waals surface area (Å²) in [5.41, 5.74) is 1.95. The van der Waals surface area contributed by atoms with Crippen molar-refractivity contribution in [3.63, 3.8) is 0 Å². The predicted molar refractivity (Wildman–Crippen MR) is 92.6 cm³/mol. The Kier molecular flexibility index (Phi) is 5.68. The van der Waals surface area contributed by atoms with E-state index in [2.05, 4.69) is 10.1 Å². The highest BCUT2D eigenvalue weighted by Crippen LogP contribution is 2.29. The molecule has 2 aromatic rings. The number of carbonyl (C=O) groups is 1. The molecule has 0 bridgehead atoms. The van der Waals surface area contributed by atoms with Crippen molar-refractivity contribution < 1.29 is 14.5 Å². The fourth-order valence-electron chi connectivity index (χ4n) is 2.22. The maximum atomic E-state index is 11.3. The minimum atomic E-state index is -0.516. The predicted octanol–water partition coefficient (Wildman–Crippen LogP) is 3.95. The van der Waals surface area contributed by atoms with Crippen molar-refractivity contribution in [3.05, 3.63) is 75.8 Å². The summed E-state index contributed by atoms with van der Waals surface area (Å²) in [6, 6.07) is 14.3. The average Bonchev–Trinajstić information content (AvgIpc) is 2.60. The van der Waals surface area contributed by atoms with Gasteiger partial charge in [-0.15, -0.1) is 0 Å². The molecule has 0 aliphatic carbocycles. The molecule has 0 fully saturated rings. The van der Waals surface area contributed by atoms with Crippen LogP contribution in [0.4, 0.5) is 11.4 Å². The summed E-state index contributed by atoms with van der Waals surface area (Å²) in [6.07, 6.45) is 2.70. The van der Waals surface area contributed by atoms with E-state index in [9.17, 15) is 14.9 Å². The van der Waals surface area contributed by atoms with Crippen LogP contribution in [-0.2, 0) is 9.53 Å². The van der Waals surface area contributed by atoms with Crippen LogP contribution in [0.15, 0.2) is 54.6 Å². The molecule has 2 aromatic carbocycles. The second kappa shape index (κ2) is 7.92. The highest BCUT2D eigenvalue weighted by atomic mass is 16.6. The van der Waals surface area contributed by atoms with Gasteiger partial charge in [-0.25, -0.2) is 4.79 Å². The lowest BCUT2D eigenvalue weighted by Crippen LogP contribution is -2.08. The van der Waals surface area contributed by atoms with E-state index in [4.69, 9.17) is 0 Å². The lowest BCUT2D eigenvalue weighted by Gasteiger charge is -2.16. The maximum Gasteiger partial charge on any atom is 0.330 e. The summed E-state index contributed by atoms with van der Waals surface area (Å²) in [5, 5.41) is 14.5. The number of benzene rings is 2. The number of ether oxygens (including phenoxy) is 1. The van der Waals surface area contributed by atoms with Gasteiger partial charge in [0.1, 0.15) is 5.69 Å². The van der Waals surface area contributed by atoms with Crippen molar-refractivity contribution >= 4 is 23.4 Å². The van der Waals surface area contributed by atoms with Gasteiger partial charge in [-0.3, -0.25) is 10.1 Å². The van der Waals surface area contributed by atoms with Crippen LogP contribution in [0.5, 0.6) is 0 Å². The molecule has 0 spiro atoms. The van der Waals surface area contributed by atoms with E-state index >= 15 is 0 Å². The molecule has 1 N–H and O–H groups in total. The Morgan fingerprint density at radius 1 is 1.25 bits per heavy atom. The number of anilines is 1. The zero-order valence-electron chi connectivity index (χ0n) is 13.4. The van der Waals surface area contributed by atoms with Crippen molar-refractivity contribution in [1.82, 2.24) is 0 Å². The van der Waals surface area contributed by atoms with Crippen molar-refractivity contribution in [2.24, 2.45) is 0 Å². The first-order valence-corrected chi connectivity index (χ1v) is 7.37. The fraction of sp³-hybridized carbons (Fsp3) is 0.167. The number of nitro benzene ring substituents is 1. The molecule has 0 amide bonds. The fourth-order valence-corrected chi connectivity index (χ4v) is 2.22. The first kappa shape index (κ1) is 17.2. The third-order valence-electron chi connectivity index (χ3n) is 3.50. The van der Waals surface area contributed by atoms with Gasteiger partial charge in [0.25, 0.3) is 5.69 Å². The first-order valence-electron chi connectivity index (χ1n) is 7.37. The van der Waals surface area contributed by atoms with Gasteiger partial charge in [0, 0.05) is 18.2 Å². The molecule has 0 radical (unpaired) electrons. The molecule has 2 rings (SSSR count). The number of carbonyl (C=O) groups excluding carboxylic acids is 1. The van der Waals surface area contributed by atoms with E-state index in [-0.39, 0.29) is 11.7 Å². The van der Waals surface area contributed by atoms with E-state index in [1.165, 1.54) is 25.3 Å². The molecule has 1 unspecified atom stereocenters. The Bertz CT molecular complexity index is 757. The molecule has 1 atom stereocenters.